The molecule has 0 bridgehead atoms. The van der Waals surface area contributed by atoms with E-state index in [0.29, 0.717) is 0 Å². The number of carbonyl (C=O) groups excluding carboxylic acids is 2. The number of nitrogens with two attached hydrogens (primary N) is 1. The van der Waals surface area contributed by atoms with E-state index >= 15 is 0 Å². The van der Waals surface area contributed by atoms with Crippen LogP contribution in [0.15, 0.2) is 0 Å². The van der Waals surface area contributed by atoms with Gasteiger partial charge in [0, 0.05) is 6.92 Å². The number of hydrogen-bond acceptors (Lipinski definition) is 2. The van der Waals surface area contributed by atoms with Crippen LogP contribution >= 0.6 is 0 Å². The third kappa shape index (κ3) is 6.74. The summed E-state index contributed by atoms with van der Waals surface area (Å²) in [6.45, 7) is 1.44. The van der Waals surface area contributed by atoms with Crippen LogP contribution in [0.4, 0.5) is 4.79 Å². The molecule has 0 radical (unpaired) electrons. The minimum atomic E-state index is -0.649. The van der Waals surface area contributed by atoms with E-state index in [4.69, 9.17) is 0 Å². The molecule has 3 amide bonds. The lowest BCUT2D eigenvalue weighted by atomic mass is 10.7. The Hall–Kier alpha value is -1.26. The van der Waals surface area contributed by atoms with Gasteiger partial charge in [-0.3, -0.25) is 4.79 Å². The second kappa shape index (κ2) is 3.71. The van der Waals surface area contributed by atoms with Crippen molar-refractivity contribution in [1.82, 2.24) is 10.6 Å². The normalized spacial score (nSPS) is 8.11. The lowest BCUT2D eigenvalue weighted by molar-refractivity contribution is -0.118. The summed E-state index contributed by atoms with van der Waals surface area (Å²) in [5.41, 5.74) is 4.68. The minimum Gasteiger partial charge on any atom is -0.352 e. The van der Waals surface area contributed by atoms with E-state index in [1.165, 1.54) is 6.92 Å². The van der Waals surface area contributed by atoms with Gasteiger partial charge in [0.05, 0.1) is 6.67 Å². The zero-order valence-electron chi connectivity index (χ0n) is 5.10. The third-order valence-corrected chi connectivity index (χ3v) is 0.600. The van der Waals surface area contributed by atoms with Crippen molar-refractivity contribution in [2.45, 2.75) is 6.92 Å². The van der Waals surface area contributed by atoms with Crippen LogP contribution in [-0.2, 0) is 4.79 Å². The molecular formula is C4H9N3O2. The molecule has 9 heavy (non-hydrogen) atoms. The lowest BCUT2D eigenvalue weighted by Crippen LogP contribution is -2.38. The number of carbonyl (C=O) groups is 2. The van der Waals surface area contributed by atoms with Gasteiger partial charge < -0.3 is 16.4 Å². The molecule has 0 aromatic heterocycles. The lowest BCUT2D eigenvalue weighted by Gasteiger charge is -1.99. The maximum absolute atomic E-state index is 10.1. The Kier molecular flexibility index (Phi) is 3.19. The maximum Gasteiger partial charge on any atom is 0.313 e. The molecule has 0 spiro atoms. The van der Waals surface area contributed by atoms with Crippen molar-refractivity contribution < 1.29 is 9.59 Å². The molecule has 4 N–H and O–H groups in total. The molecular weight excluding hydrogens is 122 g/mol. The van der Waals surface area contributed by atoms with Gasteiger partial charge in [0.1, 0.15) is 0 Å². The molecule has 0 aromatic carbocycles. The molecule has 0 aromatic rings. The number of hydrogen-bond donors (Lipinski definition) is 3. The quantitative estimate of drug-likeness (QED) is 0.409. The largest absolute Gasteiger partial charge is 0.352 e. The first kappa shape index (κ1) is 7.74. The summed E-state index contributed by atoms with van der Waals surface area (Å²) in [5, 5.41) is 4.51. The molecule has 0 saturated heterocycles. The molecule has 0 aliphatic carbocycles. The average Bonchev–Trinajstić information content (AvgIpc) is 1.63. The van der Waals surface area contributed by atoms with Crippen LogP contribution in [0.25, 0.3) is 0 Å². The monoisotopic (exact) mass is 131 g/mol. The van der Waals surface area contributed by atoms with E-state index in [2.05, 4.69) is 16.4 Å². The Labute approximate surface area is 52.6 Å². The van der Waals surface area contributed by atoms with Crippen LogP contribution in [0.2, 0.25) is 0 Å². The third-order valence-electron chi connectivity index (χ3n) is 0.600. The van der Waals surface area contributed by atoms with Crippen LogP contribution < -0.4 is 16.4 Å². The molecule has 5 heteroatoms. The van der Waals surface area contributed by atoms with E-state index < -0.39 is 6.03 Å². The second-order valence-electron chi connectivity index (χ2n) is 1.45. The summed E-state index contributed by atoms with van der Waals surface area (Å²) >= 11 is 0. The fourth-order valence-electron chi connectivity index (χ4n) is 0.256. The van der Waals surface area contributed by atoms with Crippen molar-refractivity contribution >= 4 is 11.9 Å². The Balaban J connectivity index is 3.10. The number of urea groups is 1. The van der Waals surface area contributed by atoms with E-state index in [-0.39, 0.29) is 12.6 Å². The maximum atomic E-state index is 10.1. The van der Waals surface area contributed by atoms with Crippen molar-refractivity contribution in [3.63, 3.8) is 0 Å². The molecule has 0 rings (SSSR count). The Bertz CT molecular complexity index is 109. The van der Waals surface area contributed by atoms with Crippen LogP contribution in [0.3, 0.4) is 0 Å². The molecule has 0 unspecified atom stereocenters. The van der Waals surface area contributed by atoms with Gasteiger partial charge in [-0.2, -0.15) is 0 Å². The summed E-state index contributed by atoms with van der Waals surface area (Å²) in [7, 11) is 0. The zero-order chi connectivity index (χ0) is 7.28. The predicted molar refractivity (Wildman–Crippen MR) is 31.4 cm³/mol. The van der Waals surface area contributed by atoms with Gasteiger partial charge in [-0.05, 0) is 0 Å². The van der Waals surface area contributed by atoms with Crippen molar-refractivity contribution in [1.29, 1.82) is 0 Å². The minimum absolute atomic E-state index is 0.0880. The first-order chi connectivity index (χ1) is 4.13. The van der Waals surface area contributed by atoms with Crippen LogP contribution in [0, 0.1) is 0 Å². The fourth-order valence-corrected chi connectivity index (χ4v) is 0.256. The van der Waals surface area contributed by atoms with Crippen molar-refractivity contribution in [3.8, 4) is 0 Å². The van der Waals surface area contributed by atoms with E-state index in [0.717, 1.165) is 0 Å². The van der Waals surface area contributed by atoms with Crippen molar-refractivity contribution in [3.05, 3.63) is 0 Å². The molecule has 0 saturated carbocycles. The van der Waals surface area contributed by atoms with Gasteiger partial charge in [-0.25, -0.2) is 4.79 Å². The van der Waals surface area contributed by atoms with Crippen molar-refractivity contribution in [2.75, 3.05) is 6.67 Å². The first-order valence-electron chi connectivity index (χ1n) is 2.40. The fraction of sp³-hybridized carbons (Fsp3) is 0.500. The predicted octanol–water partition coefficient (Wildman–Crippen LogP) is -1.25. The molecule has 0 aliphatic heterocycles. The van der Waals surface area contributed by atoms with E-state index in [1.54, 1.807) is 0 Å². The molecule has 52 valence electrons. The molecule has 0 heterocycles. The number of nitrogens with one attached hydrogen (secondary N) is 2. The average molecular weight is 131 g/mol. The topological polar surface area (TPSA) is 84.2 Å². The highest BCUT2D eigenvalue weighted by atomic mass is 16.2. The molecule has 0 fully saturated rings. The van der Waals surface area contributed by atoms with Gasteiger partial charge in [-0.1, -0.05) is 0 Å². The first-order valence-corrected chi connectivity index (χ1v) is 2.40. The number of amides is 3. The molecule has 0 aliphatic rings. The second-order valence-corrected chi connectivity index (χ2v) is 1.45. The van der Waals surface area contributed by atoms with Gasteiger partial charge in [0.25, 0.3) is 0 Å². The summed E-state index contributed by atoms with van der Waals surface area (Å²) in [5.74, 6) is -0.205. The van der Waals surface area contributed by atoms with Crippen LogP contribution in [-0.4, -0.2) is 18.6 Å². The Morgan fingerprint density at radius 3 is 2.33 bits per heavy atom. The van der Waals surface area contributed by atoms with Gasteiger partial charge in [0.2, 0.25) is 5.91 Å². The summed E-state index contributed by atoms with van der Waals surface area (Å²) in [6, 6.07) is -0.649. The smallest absolute Gasteiger partial charge is 0.313 e. The summed E-state index contributed by atoms with van der Waals surface area (Å²) < 4.78 is 0. The zero-order valence-corrected chi connectivity index (χ0v) is 5.10. The standard InChI is InChI=1S/C4H9N3O2/c1-3(8)6-2-7-4(5)9/h2H2,1H3,(H,6,8)(H3,5,7,9). The number of primary amides is 1. The highest BCUT2D eigenvalue weighted by Gasteiger charge is 1.89. The highest BCUT2D eigenvalue weighted by Crippen LogP contribution is 1.56. The van der Waals surface area contributed by atoms with Gasteiger partial charge >= 0.3 is 6.03 Å². The van der Waals surface area contributed by atoms with E-state index in [9.17, 15) is 9.59 Å². The highest BCUT2D eigenvalue weighted by molar-refractivity contribution is 5.74. The molecule has 5 nitrogen and oxygen atoms in total. The summed E-state index contributed by atoms with van der Waals surface area (Å²) in [6.07, 6.45) is 0. The number of rotatable bonds is 2. The van der Waals surface area contributed by atoms with Gasteiger partial charge in [0.15, 0.2) is 0 Å². The Morgan fingerprint density at radius 2 is 2.00 bits per heavy atom. The van der Waals surface area contributed by atoms with Crippen LogP contribution in [0.1, 0.15) is 6.92 Å². The van der Waals surface area contributed by atoms with Gasteiger partial charge in [-0.15, -0.1) is 0 Å². The molecule has 0 atom stereocenters. The Morgan fingerprint density at radius 1 is 1.44 bits per heavy atom. The van der Waals surface area contributed by atoms with E-state index in [1.807, 2.05) is 0 Å². The summed E-state index contributed by atoms with van der Waals surface area (Å²) in [4.78, 5) is 20.1. The van der Waals surface area contributed by atoms with Crippen LogP contribution in [0.5, 0.6) is 0 Å². The van der Waals surface area contributed by atoms with Crippen molar-refractivity contribution in [2.24, 2.45) is 5.73 Å². The SMILES string of the molecule is CC(=O)NCNC(N)=O.